The molecular formula is C10H23NO9. The minimum atomic E-state index is -1.21. The monoisotopic (exact) mass is 301 g/mol. The van der Waals surface area contributed by atoms with Gasteiger partial charge in [-0.2, -0.15) is 0 Å². The molecule has 0 rings (SSSR count). The number of carbonyl (C=O) groups is 3. The highest BCUT2D eigenvalue weighted by Gasteiger charge is 2.20. The maximum atomic E-state index is 9.00. The summed E-state index contributed by atoms with van der Waals surface area (Å²) in [6, 6.07) is 0. The third kappa shape index (κ3) is 71.9. The largest absolute Gasteiger partial charge is 0.481 e. The van der Waals surface area contributed by atoms with Crippen molar-refractivity contribution in [3.8, 4) is 0 Å². The molecule has 0 bridgehead atoms. The zero-order valence-corrected chi connectivity index (χ0v) is 11.6. The molecule has 20 heavy (non-hydrogen) atoms. The predicted molar refractivity (Wildman–Crippen MR) is 68.1 cm³/mol. The Bertz CT molecular complexity index is 215. The fourth-order valence-electron chi connectivity index (χ4n) is 0.150. The SMILES string of the molecule is CC(=O)O.CC(=O)O.CC(=O)O.NC(CO)(CO)CO. The van der Waals surface area contributed by atoms with E-state index in [1.807, 2.05) is 0 Å². The van der Waals surface area contributed by atoms with Crippen molar-refractivity contribution in [3.63, 3.8) is 0 Å². The Hall–Kier alpha value is -1.75. The molecule has 0 aliphatic carbocycles. The summed E-state index contributed by atoms with van der Waals surface area (Å²) < 4.78 is 0. The topological polar surface area (TPSA) is 199 Å². The molecule has 8 N–H and O–H groups in total. The highest BCUT2D eigenvalue weighted by Crippen LogP contribution is 1.93. The number of carboxylic acids is 3. The standard InChI is InChI=1S/C4H11NO3.3C2H4O2/c5-4(1-6,2-7)3-8;3*1-2(3)4/h6-8H,1-3,5H2;3*1H3,(H,3,4). The van der Waals surface area contributed by atoms with E-state index < -0.39 is 43.3 Å². The van der Waals surface area contributed by atoms with Crippen LogP contribution in [0.3, 0.4) is 0 Å². The number of hydrogen-bond donors (Lipinski definition) is 7. The predicted octanol–water partition coefficient (Wildman–Crippen LogP) is -2.07. The molecule has 0 aromatic heterocycles. The van der Waals surface area contributed by atoms with E-state index in [-0.39, 0.29) is 0 Å². The smallest absolute Gasteiger partial charge is 0.300 e. The summed E-state index contributed by atoms with van der Waals surface area (Å²) in [5.41, 5.74) is 3.94. The molecule has 0 heterocycles. The van der Waals surface area contributed by atoms with Gasteiger partial charge in [0.2, 0.25) is 0 Å². The van der Waals surface area contributed by atoms with Crippen LogP contribution >= 0.6 is 0 Å². The van der Waals surface area contributed by atoms with E-state index in [4.69, 9.17) is 50.8 Å². The van der Waals surface area contributed by atoms with E-state index in [1.165, 1.54) is 0 Å². The number of rotatable bonds is 3. The van der Waals surface area contributed by atoms with E-state index in [1.54, 1.807) is 0 Å². The van der Waals surface area contributed by atoms with Crippen molar-refractivity contribution < 1.29 is 45.0 Å². The average molecular weight is 301 g/mol. The zero-order valence-electron chi connectivity index (χ0n) is 11.6. The molecule has 0 unspecified atom stereocenters. The van der Waals surface area contributed by atoms with Gasteiger partial charge in [-0.1, -0.05) is 0 Å². The van der Waals surface area contributed by atoms with Gasteiger partial charge >= 0.3 is 0 Å². The minimum Gasteiger partial charge on any atom is -0.481 e. The molecule has 0 saturated heterocycles. The summed E-state index contributed by atoms with van der Waals surface area (Å²) in [6.07, 6.45) is 0. The van der Waals surface area contributed by atoms with E-state index in [0.29, 0.717) is 0 Å². The third-order valence-electron chi connectivity index (χ3n) is 0.945. The highest BCUT2D eigenvalue weighted by atomic mass is 16.4. The molecule has 0 saturated carbocycles. The van der Waals surface area contributed by atoms with Gasteiger partial charge in [-0.25, -0.2) is 0 Å². The number of carboxylic acid groups (broad SMARTS) is 3. The normalized spacial score (nSPS) is 8.55. The average Bonchev–Trinajstić information content (AvgIpc) is 2.26. The van der Waals surface area contributed by atoms with Crippen LogP contribution in [0, 0.1) is 0 Å². The summed E-state index contributed by atoms with van der Waals surface area (Å²) in [4.78, 5) is 27.0. The quantitative estimate of drug-likeness (QED) is 0.304. The van der Waals surface area contributed by atoms with Crippen molar-refractivity contribution in [1.82, 2.24) is 0 Å². The molecule has 0 aromatic rings. The van der Waals surface area contributed by atoms with Gasteiger partial charge in [0.05, 0.1) is 25.4 Å². The van der Waals surface area contributed by atoms with Gasteiger partial charge in [0, 0.05) is 20.8 Å². The number of aliphatic carboxylic acids is 3. The molecular weight excluding hydrogens is 278 g/mol. The molecule has 0 atom stereocenters. The second-order valence-corrected chi connectivity index (χ2v) is 3.39. The maximum absolute atomic E-state index is 9.00. The van der Waals surface area contributed by atoms with Crippen molar-refractivity contribution in [2.75, 3.05) is 19.8 Å². The second kappa shape index (κ2) is 17.2. The van der Waals surface area contributed by atoms with Gasteiger partial charge in [0.15, 0.2) is 0 Å². The number of hydrogen-bond acceptors (Lipinski definition) is 7. The molecule has 0 aliphatic rings. The summed E-state index contributed by atoms with van der Waals surface area (Å²) in [5.74, 6) is -2.50. The molecule has 122 valence electrons. The first kappa shape index (κ1) is 26.7. The molecule has 10 nitrogen and oxygen atoms in total. The van der Waals surface area contributed by atoms with Gasteiger partial charge in [0.1, 0.15) is 0 Å². The molecule has 0 amide bonds. The third-order valence-corrected chi connectivity index (χ3v) is 0.945. The molecule has 0 radical (unpaired) electrons. The summed E-state index contributed by atoms with van der Waals surface area (Å²) >= 11 is 0. The number of aliphatic hydroxyl groups is 3. The van der Waals surface area contributed by atoms with Crippen LogP contribution in [0.1, 0.15) is 20.8 Å². The van der Waals surface area contributed by atoms with Crippen LogP contribution in [0.5, 0.6) is 0 Å². The minimum absolute atomic E-state index is 0.403. The highest BCUT2D eigenvalue weighted by molar-refractivity contribution is 5.63. The van der Waals surface area contributed by atoms with E-state index in [0.717, 1.165) is 20.8 Å². The van der Waals surface area contributed by atoms with Gasteiger partial charge < -0.3 is 36.4 Å². The van der Waals surface area contributed by atoms with Gasteiger partial charge in [-0.15, -0.1) is 0 Å². The first-order valence-corrected chi connectivity index (χ1v) is 5.08. The summed E-state index contributed by atoms with van der Waals surface area (Å²) in [6.45, 7) is 2.04. The molecule has 0 aromatic carbocycles. The van der Waals surface area contributed by atoms with Crippen LogP contribution in [-0.4, -0.2) is 73.9 Å². The van der Waals surface area contributed by atoms with Crippen molar-refractivity contribution in [2.45, 2.75) is 26.3 Å². The fraction of sp³-hybridized carbons (Fsp3) is 0.700. The first-order valence-electron chi connectivity index (χ1n) is 5.08. The lowest BCUT2D eigenvalue weighted by atomic mass is 10.1. The molecule has 0 fully saturated rings. The van der Waals surface area contributed by atoms with Crippen LogP contribution in [0.4, 0.5) is 0 Å². The molecule has 0 spiro atoms. The Kier molecular flexibility index (Phi) is 23.1. The Balaban J connectivity index is -0.0000000917. The number of aliphatic hydroxyl groups excluding tert-OH is 3. The number of nitrogens with two attached hydrogens (primary N) is 1. The summed E-state index contributed by atoms with van der Waals surface area (Å²) in [7, 11) is 0. The van der Waals surface area contributed by atoms with Crippen molar-refractivity contribution >= 4 is 17.9 Å². The molecule has 10 heteroatoms. The Labute approximate surface area is 116 Å². The van der Waals surface area contributed by atoms with Crippen LogP contribution < -0.4 is 5.73 Å². The lowest BCUT2D eigenvalue weighted by molar-refractivity contribution is -0.135. The Morgan fingerprint density at radius 2 is 0.850 bits per heavy atom. The van der Waals surface area contributed by atoms with Crippen molar-refractivity contribution in [2.24, 2.45) is 5.73 Å². The van der Waals surface area contributed by atoms with Crippen LogP contribution in [0.15, 0.2) is 0 Å². The van der Waals surface area contributed by atoms with E-state index in [9.17, 15) is 0 Å². The van der Waals surface area contributed by atoms with Crippen molar-refractivity contribution in [1.29, 1.82) is 0 Å². The fourth-order valence-corrected chi connectivity index (χ4v) is 0.150. The van der Waals surface area contributed by atoms with Gasteiger partial charge in [-0.05, 0) is 0 Å². The Morgan fingerprint density at radius 3 is 0.850 bits per heavy atom. The van der Waals surface area contributed by atoms with Crippen molar-refractivity contribution in [3.05, 3.63) is 0 Å². The Morgan fingerprint density at radius 1 is 0.750 bits per heavy atom. The van der Waals surface area contributed by atoms with Crippen LogP contribution in [-0.2, 0) is 14.4 Å². The maximum Gasteiger partial charge on any atom is 0.300 e. The van der Waals surface area contributed by atoms with Crippen LogP contribution in [0.25, 0.3) is 0 Å². The van der Waals surface area contributed by atoms with E-state index >= 15 is 0 Å². The second-order valence-electron chi connectivity index (χ2n) is 3.39. The van der Waals surface area contributed by atoms with E-state index in [2.05, 4.69) is 0 Å². The zero-order chi connectivity index (χ0) is 17.4. The lowest BCUT2D eigenvalue weighted by Crippen LogP contribution is -2.50. The first-order chi connectivity index (χ1) is 8.88. The molecule has 0 aliphatic heterocycles. The van der Waals surface area contributed by atoms with Gasteiger partial charge in [-0.3, -0.25) is 14.4 Å². The van der Waals surface area contributed by atoms with Crippen LogP contribution in [0.2, 0.25) is 0 Å². The lowest BCUT2D eigenvalue weighted by Gasteiger charge is -2.20. The van der Waals surface area contributed by atoms with Gasteiger partial charge in [0.25, 0.3) is 17.9 Å². The summed E-state index contributed by atoms with van der Waals surface area (Å²) in [5, 5.41) is 47.3.